The van der Waals surface area contributed by atoms with Gasteiger partial charge in [-0.05, 0) is 12.1 Å². The second-order valence-corrected chi connectivity index (χ2v) is 5.54. The molecule has 0 saturated carbocycles. The van der Waals surface area contributed by atoms with Crippen LogP contribution in [0.3, 0.4) is 0 Å². The fourth-order valence-electron chi connectivity index (χ4n) is 1.89. The molecule has 0 unspecified atom stereocenters. The monoisotopic (exact) mass is 299 g/mol. The van der Waals surface area contributed by atoms with Crippen molar-refractivity contribution in [2.24, 2.45) is 0 Å². The summed E-state index contributed by atoms with van der Waals surface area (Å²) in [5, 5.41) is 12.9. The first-order valence-electron chi connectivity index (χ1n) is 6.01. The lowest BCUT2D eigenvalue weighted by Crippen LogP contribution is -2.15. The third-order valence-electron chi connectivity index (χ3n) is 2.84. The molecule has 0 fully saturated rings. The van der Waals surface area contributed by atoms with Crippen molar-refractivity contribution < 1.29 is 27.6 Å². The Balaban J connectivity index is 2.71. The molecule has 0 bridgehead atoms. The number of rotatable bonds is 2. The molecule has 0 atom stereocenters. The average Bonchev–Trinajstić information content (AvgIpc) is 2.79. The quantitative estimate of drug-likeness (QED) is 0.858. The van der Waals surface area contributed by atoms with Gasteiger partial charge in [0.05, 0.1) is 0 Å². The number of hydrogen-bond donors (Lipinski definition) is 1. The highest BCUT2D eigenvalue weighted by molar-refractivity contribution is 5.96. The molecular weight excluding hydrogens is 287 g/mol. The molecular formula is C14H12F3NO3. The summed E-state index contributed by atoms with van der Waals surface area (Å²) >= 11 is 0. The molecule has 7 heteroatoms. The summed E-state index contributed by atoms with van der Waals surface area (Å²) < 4.78 is 44.5. The fourth-order valence-corrected chi connectivity index (χ4v) is 1.89. The van der Waals surface area contributed by atoms with Gasteiger partial charge in [0.2, 0.25) is 0 Å². The number of aromatic carboxylic acids is 1. The number of benzene rings is 1. The summed E-state index contributed by atoms with van der Waals surface area (Å²) in [5.41, 5.74) is -1.42. The Hall–Kier alpha value is -2.31. The molecule has 0 saturated heterocycles. The van der Waals surface area contributed by atoms with E-state index in [1.165, 1.54) is 0 Å². The summed E-state index contributed by atoms with van der Waals surface area (Å²) in [6, 6.07) is 1.35. The van der Waals surface area contributed by atoms with Gasteiger partial charge in [-0.2, -0.15) is 0 Å². The molecule has 21 heavy (non-hydrogen) atoms. The maximum atomic E-state index is 13.3. The number of carboxylic acids is 1. The molecule has 1 heterocycles. The Labute approximate surface area is 118 Å². The van der Waals surface area contributed by atoms with Crippen LogP contribution in [-0.2, 0) is 5.41 Å². The summed E-state index contributed by atoms with van der Waals surface area (Å²) in [7, 11) is 0. The van der Waals surface area contributed by atoms with Crippen molar-refractivity contribution in [3.05, 3.63) is 40.9 Å². The third kappa shape index (κ3) is 2.63. The van der Waals surface area contributed by atoms with Crippen molar-refractivity contribution in [1.82, 2.24) is 5.16 Å². The molecule has 2 rings (SSSR count). The van der Waals surface area contributed by atoms with Crippen molar-refractivity contribution in [2.75, 3.05) is 0 Å². The van der Waals surface area contributed by atoms with E-state index >= 15 is 0 Å². The molecule has 0 radical (unpaired) electrons. The summed E-state index contributed by atoms with van der Waals surface area (Å²) in [6.45, 7) is 5.11. The molecule has 0 aliphatic rings. The van der Waals surface area contributed by atoms with Gasteiger partial charge >= 0.3 is 5.97 Å². The molecule has 4 nitrogen and oxygen atoms in total. The predicted octanol–water partition coefficient (Wildman–Crippen LogP) is 3.75. The molecule has 0 aliphatic heterocycles. The number of carboxylic acid groups (broad SMARTS) is 1. The smallest absolute Gasteiger partial charge is 0.341 e. The number of nitrogens with zero attached hydrogens (tertiary/aromatic N) is 1. The average molecular weight is 299 g/mol. The number of halogens is 3. The van der Waals surface area contributed by atoms with Crippen LogP contribution >= 0.6 is 0 Å². The molecule has 1 aromatic heterocycles. The lowest BCUT2D eigenvalue weighted by molar-refractivity contribution is 0.0692. The molecule has 112 valence electrons. The lowest BCUT2D eigenvalue weighted by atomic mass is 9.89. The van der Waals surface area contributed by atoms with Crippen LogP contribution in [0.2, 0.25) is 0 Å². The second kappa shape index (κ2) is 4.91. The lowest BCUT2D eigenvalue weighted by Gasteiger charge is -2.14. The van der Waals surface area contributed by atoms with Gasteiger partial charge in [0, 0.05) is 11.0 Å². The van der Waals surface area contributed by atoms with Crippen LogP contribution in [0.5, 0.6) is 0 Å². The summed E-state index contributed by atoms with van der Waals surface area (Å²) in [4.78, 5) is 11.4. The molecule has 0 spiro atoms. The molecule has 1 aromatic carbocycles. The topological polar surface area (TPSA) is 63.3 Å². The van der Waals surface area contributed by atoms with E-state index in [1.807, 2.05) is 0 Å². The minimum Gasteiger partial charge on any atom is -0.477 e. The highest BCUT2D eigenvalue weighted by Gasteiger charge is 2.31. The van der Waals surface area contributed by atoms with Crippen molar-refractivity contribution in [2.45, 2.75) is 26.2 Å². The molecule has 0 amide bonds. The normalized spacial score (nSPS) is 11.7. The van der Waals surface area contributed by atoms with E-state index < -0.39 is 28.8 Å². The van der Waals surface area contributed by atoms with Crippen LogP contribution in [0.25, 0.3) is 11.3 Å². The van der Waals surface area contributed by atoms with Crippen LogP contribution < -0.4 is 0 Å². The zero-order valence-corrected chi connectivity index (χ0v) is 11.5. The Kier molecular flexibility index (Phi) is 3.52. The van der Waals surface area contributed by atoms with Gasteiger partial charge in [-0.25, -0.2) is 18.0 Å². The maximum Gasteiger partial charge on any atom is 0.341 e. The first kappa shape index (κ1) is 15.1. The van der Waals surface area contributed by atoms with Crippen LogP contribution in [-0.4, -0.2) is 16.2 Å². The maximum absolute atomic E-state index is 13.3. The second-order valence-electron chi connectivity index (χ2n) is 5.54. The van der Waals surface area contributed by atoms with E-state index in [0.717, 1.165) is 0 Å². The standard InChI is InChI=1S/C14H12F3NO3/c1-14(2,3)12-9(13(19)20)11(18-21-12)6-4-7(15)10(17)8(16)5-6/h4-5H,1-3H3,(H,19,20). The number of hydrogen-bond acceptors (Lipinski definition) is 3. The van der Waals surface area contributed by atoms with E-state index in [9.17, 15) is 23.1 Å². The summed E-state index contributed by atoms with van der Waals surface area (Å²) in [6.07, 6.45) is 0. The van der Waals surface area contributed by atoms with Crippen LogP contribution in [0.15, 0.2) is 16.7 Å². The van der Waals surface area contributed by atoms with E-state index in [4.69, 9.17) is 4.52 Å². The minimum atomic E-state index is -1.63. The van der Waals surface area contributed by atoms with Crippen molar-refractivity contribution >= 4 is 5.97 Å². The minimum absolute atomic E-state index is 0.0649. The molecule has 0 aliphatic carbocycles. The zero-order chi connectivity index (χ0) is 15.9. The van der Waals surface area contributed by atoms with Gasteiger partial charge in [-0.1, -0.05) is 25.9 Å². The Morgan fingerprint density at radius 2 is 1.71 bits per heavy atom. The predicted molar refractivity (Wildman–Crippen MR) is 67.5 cm³/mol. The van der Waals surface area contributed by atoms with Gasteiger partial charge in [-0.15, -0.1) is 0 Å². The third-order valence-corrected chi connectivity index (χ3v) is 2.84. The Bertz CT molecular complexity index is 694. The van der Waals surface area contributed by atoms with E-state index in [1.54, 1.807) is 20.8 Å². The number of aromatic nitrogens is 1. The van der Waals surface area contributed by atoms with Gasteiger partial charge < -0.3 is 9.63 Å². The van der Waals surface area contributed by atoms with Crippen LogP contribution in [0.4, 0.5) is 13.2 Å². The van der Waals surface area contributed by atoms with Gasteiger partial charge in [0.1, 0.15) is 11.3 Å². The van der Waals surface area contributed by atoms with Crippen molar-refractivity contribution in [3.63, 3.8) is 0 Å². The van der Waals surface area contributed by atoms with Crippen molar-refractivity contribution in [3.8, 4) is 11.3 Å². The van der Waals surface area contributed by atoms with Gasteiger partial charge in [0.25, 0.3) is 0 Å². The zero-order valence-electron chi connectivity index (χ0n) is 11.5. The first-order valence-corrected chi connectivity index (χ1v) is 6.01. The van der Waals surface area contributed by atoms with E-state index in [0.29, 0.717) is 12.1 Å². The van der Waals surface area contributed by atoms with Crippen LogP contribution in [0, 0.1) is 17.5 Å². The molecule has 2 aromatic rings. The van der Waals surface area contributed by atoms with Crippen LogP contribution in [0.1, 0.15) is 36.9 Å². The highest BCUT2D eigenvalue weighted by atomic mass is 19.2. The van der Waals surface area contributed by atoms with E-state index in [-0.39, 0.29) is 22.6 Å². The SMILES string of the molecule is CC(C)(C)c1onc(-c2cc(F)c(F)c(F)c2)c1C(=O)O. The van der Waals surface area contributed by atoms with E-state index in [2.05, 4.69) is 5.16 Å². The highest BCUT2D eigenvalue weighted by Crippen LogP contribution is 2.34. The van der Waals surface area contributed by atoms with Gasteiger partial charge in [-0.3, -0.25) is 0 Å². The van der Waals surface area contributed by atoms with Crippen molar-refractivity contribution in [1.29, 1.82) is 0 Å². The molecule has 1 N–H and O–H groups in total. The van der Waals surface area contributed by atoms with Gasteiger partial charge in [0.15, 0.2) is 23.2 Å². The Morgan fingerprint density at radius 3 is 2.14 bits per heavy atom. The first-order chi connectivity index (χ1) is 9.62. The largest absolute Gasteiger partial charge is 0.477 e. The Morgan fingerprint density at radius 1 is 1.19 bits per heavy atom. The fraction of sp³-hybridized carbons (Fsp3) is 0.286. The summed E-state index contributed by atoms with van der Waals surface area (Å²) in [5.74, 6) is -5.77. The number of carbonyl (C=O) groups is 1.